The summed E-state index contributed by atoms with van der Waals surface area (Å²) in [6.45, 7) is 0.0800. The van der Waals surface area contributed by atoms with Gasteiger partial charge in [0.05, 0.1) is 0 Å². The lowest BCUT2D eigenvalue weighted by Gasteiger charge is -2.31. The molecule has 0 saturated carbocycles. The van der Waals surface area contributed by atoms with E-state index in [4.69, 9.17) is 0 Å². The predicted octanol–water partition coefficient (Wildman–Crippen LogP) is 9.69. The predicted molar refractivity (Wildman–Crippen MR) is 197 cm³/mol. The molecule has 0 aromatic heterocycles. The largest absolute Gasteiger partial charge is 0.244 e. The summed E-state index contributed by atoms with van der Waals surface area (Å²) in [7, 11) is 0. The third-order valence-electron chi connectivity index (χ3n) is 10.6. The van der Waals surface area contributed by atoms with Gasteiger partial charge in [0.25, 0.3) is 0 Å². The molecule has 0 atom stereocenters. The maximum absolute atomic E-state index is 2.51. The van der Waals surface area contributed by atoms with E-state index in [0.29, 0.717) is 0 Å². The highest BCUT2D eigenvalue weighted by atomic mass is 14.2. The Bertz CT molecular complexity index is 2880. The number of hydrogen-bond acceptors (Lipinski definition) is 0. The molecular formula is C44H25B. The van der Waals surface area contributed by atoms with Crippen molar-refractivity contribution in [2.45, 2.75) is 0 Å². The van der Waals surface area contributed by atoms with Crippen molar-refractivity contribution >= 4 is 98.5 Å². The van der Waals surface area contributed by atoms with Gasteiger partial charge in [-0.1, -0.05) is 144 Å². The molecular weight excluding hydrogens is 539 g/mol. The van der Waals surface area contributed by atoms with Crippen LogP contribution in [0.15, 0.2) is 152 Å². The van der Waals surface area contributed by atoms with E-state index in [9.17, 15) is 0 Å². The van der Waals surface area contributed by atoms with Gasteiger partial charge in [0.15, 0.2) is 0 Å². The lowest BCUT2D eigenvalue weighted by molar-refractivity contribution is 1.71. The molecule has 0 fully saturated rings. The molecule has 0 nitrogen and oxygen atoms in total. The average molecular weight is 564 g/mol. The van der Waals surface area contributed by atoms with E-state index in [1.54, 1.807) is 0 Å². The molecule has 1 heteroatoms. The van der Waals surface area contributed by atoms with E-state index in [0.717, 1.165) is 0 Å². The Hall–Kier alpha value is -5.66. The first-order valence-electron chi connectivity index (χ1n) is 15.9. The fourth-order valence-corrected chi connectivity index (χ4v) is 8.64. The molecule has 1 heterocycles. The molecule has 10 aromatic carbocycles. The maximum Gasteiger partial charge on any atom is 0.244 e. The van der Waals surface area contributed by atoms with Crippen molar-refractivity contribution in [2.75, 3.05) is 0 Å². The van der Waals surface area contributed by atoms with Crippen LogP contribution < -0.4 is 16.4 Å². The molecule has 0 amide bonds. The van der Waals surface area contributed by atoms with Gasteiger partial charge in [0, 0.05) is 0 Å². The van der Waals surface area contributed by atoms with E-state index in [-0.39, 0.29) is 6.71 Å². The standard InChI is InChI=1S/C44H25B/c1-3-9-30-23-37-32(21-28(30)7-1)12-6-14-39(37)45-40-25-34-13-5-11-26-15-16-27-17-19-35(43(40)42(27)41(26)34)36-20-18-33-22-29-8-2-4-10-31(29)24-38(33)44(36)45/h1-25H. The SMILES string of the molecule is c1ccc2cc3c(B4c5c(ccc6cc7ccccc7cc56)-c5ccc6ccc7cccc8cc4c5c6c78)cccc3cc2c1. The Morgan fingerprint density at radius 2 is 0.822 bits per heavy atom. The zero-order chi connectivity index (χ0) is 29.2. The summed E-state index contributed by atoms with van der Waals surface area (Å²) in [5.74, 6) is 0. The number of fused-ring (bicyclic) bond motifs is 7. The minimum atomic E-state index is 0.0800. The van der Waals surface area contributed by atoms with Crippen LogP contribution in [0.5, 0.6) is 0 Å². The third kappa shape index (κ3) is 3.12. The van der Waals surface area contributed by atoms with Crippen LogP contribution in [0.4, 0.5) is 0 Å². The van der Waals surface area contributed by atoms with Crippen molar-refractivity contribution in [2.24, 2.45) is 0 Å². The second kappa shape index (κ2) is 8.49. The second-order valence-electron chi connectivity index (χ2n) is 12.8. The fourth-order valence-electron chi connectivity index (χ4n) is 8.64. The Morgan fingerprint density at radius 1 is 0.289 bits per heavy atom. The summed E-state index contributed by atoms with van der Waals surface area (Å²) in [5, 5.41) is 18.6. The average Bonchev–Trinajstić information content (AvgIpc) is 3.09. The molecule has 11 rings (SSSR count). The number of rotatable bonds is 1. The topological polar surface area (TPSA) is 0 Å². The Kier molecular flexibility index (Phi) is 4.48. The van der Waals surface area contributed by atoms with Crippen LogP contribution in [0.25, 0.3) is 86.5 Å². The van der Waals surface area contributed by atoms with Gasteiger partial charge < -0.3 is 0 Å². The Balaban J connectivity index is 1.37. The molecule has 45 heavy (non-hydrogen) atoms. The quantitative estimate of drug-likeness (QED) is 0.106. The smallest absolute Gasteiger partial charge is 0.0663 e. The first kappa shape index (κ1) is 23.8. The summed E-state index contributed by atoms with van der Waals surface area (Å²) < 4.78 is 0. The lowest BCUT2D eigenvalue weighted by Crippen LogP contribution is -2.55. The summed E-state index contributed by atoms with van der Waals surface area (Å²) >= 11 is 0. The normalized spacial score (nSPS) is 12.8. The van der Waals surface area contributed by atoms with E-state index in [1.165, 1.54) is 103 Å². The molecule has 0 saturated heterocycles. The van der Waals surface area contributed by atoms with Crippen LogP contribution in [0.3, 0.4) is 0 Å². The molecule has 0 bridgehead atoms. The van der Waals surface area contributed by atoms with Crippen LogP contribution >= 0.6 is 0 Å². The van der Waals surface area contributed by atoms with Gasteiger partial charge >= 0.3 is 0 Å². The van der Waals surface area contributed by atoms with Gasteiger partial charge in [-0.2, -0.15) is 0 Å². The van der Waals surface area contributed by atoms with Gasteiger partial charge in [0.2, 0.25) is 6.71 Å². The Labute approximate surface area is 260 Å². The second-order valence-corrected chi connectivity index (χ2v) is 12.8. The van der Waals surface area contributed by atoms with Crippen LogP contribution in [0.1, 0.15) is 0 Å². The summed E-state index contributed by atoms with van der Waals surface area (Å²) in [4.78, 5) is 0. The zero-order valence-corrected chi connectivity index (χ0v) is 24.5. The van der Waals surface area contributed by atoms with Crippen molar-refractivity contribution in [1.82, 2.24) is 0 Å². The molecule has 0 aliphatic carbocycles. The highest BCUT2D eigenvalue weighted by Crippen LogP contribution is 2.41. The molecule has 204 valence electrons. The summed E-state index contributed by atoms with van der Waals surface area (Å²) in [6.07, 6.45) is 0. The molecule has 10 aromatic rings. The van der Waals surface area contributed by atoms with Gasteiger partial charge in [-0.3, -0.25) is 0 Å². The van der Waals surface area contributed by atoms with E-state index >= 15 is 0 Å². The summed E-state index contributed by atoms with van der Waals surface area (Å²) in [6, 6.07) is 57.5. The van der Waals surface area contributed by atoms with Crippen molar-refractivity contribution < 1.29 is 0 Å². The number of benzene rings is 10. The number of hydrogen-bond donors (Lipinski definition) is 0. The highest BCUT2D eigenvalue weighted by Gasteiger charge is 2.35. The summed E-state index contributed by atoms with van der Waals surface area (Å²) in [5.41, 5.74) is 6.91. The van der Waals surface area contributed by atoms with Gasteiger partial charge in [-0.25, -0.2) is 0 Å². The molecule has 1 aliphatic heterocycles. The maximum atomic E-state index is 2.51. The van der Waals surface area contributed by atoms with Crippen molar-refractivity contribution in [3.63, 3.8) is 0 Å². The zero-order valence-electron chi connectivity index (χ0n) is 24.5. The van der Waals surface area contributed by atoms with Crippen LogP contribution in [-0.2, 0) is 0 Å². The van der Waals surface area contributed by atoms with Gasteiger partial charge in [0.1, 0.15) is 0 Å². The van der Waals surface area contributed by atoms with Gasteiger partial charge in [-0.05, 0) is 111 Å². The van der Waals surface area contributed by atoms with Crippen molar-refractivity contribution in [3.05, 3.63) is 152 Å². The molecule has 0 radical (unpaired) electrons. The van der Waals surface area contributed by atoms with Crippen LogP contribution in [-0.4, -0.2) is 6.71 Å². The third-order valence-corrected chi connectivity index (χ3v) is 10.6. The van der Waals surface area contributed by atoms with Gasteiger partial charge in [-0.15, -0.1) is 0 Å². The van der Waals surface area contributed by atoms with E-state index < -0.39 is 0 Å². The highest BCUT2D eigenvalue weighted by molar-refractivity contribution is 7.01. The van der Waals surface area contributed by atoms with E-state index in [2.05, 4.69) is 152 Å². The monoisotopic (exact) mass is 564 g/mol. The molecule has 0 unspecified atom stereocenters. The lowest BCUT2D eigenvalue weighted by atomic mass is 9.32. The van der Waals surface area contributed by atoms with Crippen molar-refractivity contribution in [1.29, 1.82) is 0 Å². The molecule has 0 spiro atoms. The first-order valence-corrected chi connectivity index (χ1v) is 15.9. The Morgan fingerprint density at radius 3 is 1.60 bits per heavy atom. The molecule has 1 aliphatic rings. The first-order chi connectivity index (χ1) is 22.3. The molecule has 0 N–H and O–H groups in total. The van der Waals surface area contributed by atoms with E-state index in [1.807, 2.05) is 0 Å². The fraction of sp³-hybridized carbons (Fsp3) is 0. The minimum absolute atomic E-state index is 0.0800. The van der Waals surface area contributed by atoms with Crippen LogP contribution in [0, 0.1) is 0 Å². The van der Waals surface area contributed by atoms with Crippen LogP contribution in [0.2, 0.25) is 0 Å². The minimum Gasteiger partial charge on any atom is -0.0663 e. The van der Waals surface area contributed by atoms with Crippen molar-refractivity contribution in [3.8, 4) is 11.1 Å².